The van der Waals surface area contributed by atoms with Crippen LogP contribution < -0.4 is 10.5 Å². The molecule has 23 heavy (non-hydrogen) atoms. The highest BCUT2D eigenvalue weighted by atomic mass is 32.2. The molecule has 2 aromatic carbocycles. The van der Waals surface area contributed by atoms with Crippen LogP contribution in [0.1, 0.15) is 15.9 Å². The van der Waals surface area contributed by atoms with Gasteiger partial charge in [0.2, 0.25) is 10.0 Å². The molecule has 0 fully saturated rings. The Morgan fingerprint density at radius 3 is 2.04 bits per heavy atom. The third-order valence-corrected chi connectivity index (χ3v) is 3.56. The van der Waals surface area contributed by atoms with Crippen molar-refractivity contribution in [2.45, 2.75) is 5.75 Å². The van der Waals surface area contributed by atoms with Crippen molar-refractivity contribution in [2.24, 2.45) is 5.14 Å². The topological polar surface area (TPSA) is 89.3 Å². The maximum atomic E-state index is 13.1. The Hall–Kier alpha value is -2.39. The Balaban J connectivity index is 2.15. The number of nitrogens with one attached hydrogen (secondary N) is 1. The van der Waals surface area contributed by atoms with E-state index >= 15 is 0 Å². The van der Waals surface area contributed by atoms with E-state index in [1.165, 1.54) is 24.3 Å². The average molecular weight is 344 g/mol. The summed E-state index contributed by atoms with van der Waals surface area (Å²) in [5, 5.41) is 7.11. The fourth-order valence-electron chi connectivity index (χ4n) is 1.82. The van der Waals surface area contributed by atoms with Crippen LogP contribution in [0.2, 0.25) is 0 Å². The second kappa shape index (κ2) is 6.39. The van der Waals surface area contributed by atoms with Crippen LogP contribution in [0.15, 0.2) is 36.4 Å². The molecule has 0 aromatic heterocycles. The normalized spacial score (nSPS) is 11.3. The van der Waals surface area contributed by atoms with Gasteiger partial charge in [0, 0.05) is 23.4 Å². The van der Waals surface area contributed by atoms with Crippen molar-refractivity contribution in [2.75, 3.05) is 5.32 Å². The maximum absolute atomic E-state index is 13.1. The second-order valence-corrected chi connectivity index (χ2v) is 6.33. The van der Waals surface area contributed by atoms with Gasteiger partial charge in [-0.15, -0.1) is 0 Å². The van der Waals surface area contributed by atoms with Gasteiger partial charge in [0.15, 0.2) is 17.5 Å². The SMILES string of the molecule is NS(=O)(=O)Cc1ccc(C(=O)Nc2cc(F)c(F)c(F)c2)cc1. The standard InChI is InChI=1S/C14H11F3N2O3S/c15-11-5-10(6-12(16)13(11)17)19-14(20)9-3-1-8(2-4-9)7-23(18,21)22/h1-6H,7H2,(H,19,20)(H2,18,21,22). The predicted molar refractivity (Wildman–Crippen MR) is 77.5 cm³/mol. The van der Waals surface area contributed by atoms with Crippen molar-refractivity contribution in [3.05, 3.63) is 65.0 Å². The van der Waals surface area contributed by atoms with E-state index in [2.05, 4.69) is 5.32 Å². The van der Waals surface area contributed by atoms with Crippen LogP contribution in [0.3, 0.4) is 0 Å². The highest BCUT2D eigenvalue weighted by Gasteiger charge is 2.13. The van der Waals surface area contributed by atoms with Crippen LogP contribution in [-0.2, 0) is 15.8 Å². The molecule has 0 aliphatic heterocycles. The van der Waals surface area contributed by atoms with E-state index in [1.54, 1.807) is 0 Å². The third kappa shape index (κ3) is 4.54. The van der Waals surface area contributed by atoms with Gasteiger partial charge in [-0.1, -0.05) is 12.1 Å². The molecule has 3 N–H and O–H groups in total. The second-order valence-electron chi connectivity index (χ2n) is 4.71. The summed E-state index contributed by atoms with van der Waals surface area (Å²) >= 11 is 0. The van der Waals surface area contributed by atoms with Crippen molar-refractivity contribution in [1.29, 1.82) is 0 Å². The summed E-state index contributed by atoms with van der Waals surface area (Å²) in [6, 6.07) is 6.70. The van der Waals surface area contributed by atoms with Crippen molar-refractivity contribution < 1.29 is 26.4 Å². The quantitative estimate of drug-likeness (QED) is 0.833. The Morgan fingerprint density at radius 2 is 1.57 bits per heavy atom. The van der Waals surface area contributed by atoms with E-state index < -0.39 is 33.4 Å². The zero-order chi connectivity index (χ0) is 17.2. The molecule has 0 aliphatic carbocycles. The van der Waals surface area contributed by atoms with E-state index in [0.29, 0.717) is 17.7 Å². The number of amides is 1. The molecule has 0 aliphatic rings. The van der Waals surface area contributed by atoms with Crippen LogP contribution in [-0.4, -0.2) is 14.3 Å². The van der Waals surface area contributed by atoms with Gasteiger partial charge >= 0.3 is 0 Å². The molecule has 0 bridgehead atoms. The largest absolute Gasteiger partial charge is 0.322 e. The van der Waals surface area contributed by atoms with E-state index in [4.69, 9.17) is 5.14 Å². The van der Waals surface area contributed by atoms with Gasteiger partial charge in [-0.25, -0.2) is 26.7 Å². The Bertz CT molecular complexity index is 829. The Labute approximate surface area is 130 Å². The third-order valence-electron chi connectivity index (χ3n) is 2.83. The minimum absolute atomic E-state index is 0.119. The van der Waals surface area contributed by atoms with Crippen molar-refractivity contribution >= 4 is 21.6 Å². The number of carbonyl (C=O) groups is 1. The van der Waals surface area contributed by atoms with Gasteiger partial charge < -0.3 is 5.32 Å². The molecular formula is C14H11F3N2O3S. The minimum Gasteiger partial charge on any atom is -0.322 e. The predicted octanol–water partition coefficient (Wildman–Crippen LogP) is 2.14. The van der Waals surface area contributed by atoms with Crippen LogP contribution in [0.5, 0.6) is 0 Å². The van der Waals surface area contributed by atoms with Crippen molar-refractivity contribution in [1.82, 2.24) is 0 Å². The first-order valence-corrected chi connectivity index (χ1v) is 7.92. The lowest BCUT2D eigenvalue weighted by Crippen LogP contribution is -2.15. The minimum atomic E-state index is -3.69. The first-order valence-electron chi connectivity index (χ1n) is 6.21. The number of nitrogens with two attached hydrogens (primary N) is 1. The lowest BCUT2D eigenvalue weighted by Gasteiger charge is -2.07. The van der Waals surface area contributed by atoms with Crippen molar-refractivity contribution in [3.63, 3.8) is 0 Å². The molecule has 0 atom stereocenters. The molecule has 122 valence electrons. The molecule has 0 spiro atoms. The molecule has 5 nitrogen and oxygen atoms in total. The lowest BCUT2D eigenvalue weighted by molar-refractivity contribution is 0.102. The molecule has 2 rings (SSSR count). The number of sulfonamides is 1. The van der Waals surface area contributed by atoms with Gasteiger partial charge in [0.25, 0.3) is 5.91 Å². The number of rotatable bonds is 4. The summed E-state index contributed by atoms with van der Waals surface area (Å²) in [7, 11) is -3.69. The molecule has 2 aromatic rings. The molecule has 0 saturated carbocycles. The summed E-state index contributed by atoms with van der Waals surface area (Å²) in [6.07, 6.45) is 0. The monoisotopic (exact) mass is 344 g/mol. The molecule has 0 radical (unpaired) electrons. The van der Waals surface area contributed by atoms with Gasteiger partial charge in [0.05, 0.1) is 5.75 Å². The zero-order valence-corrected chi connectivity index (χ0v) is 12.3. The molecule has 0 heterocycles. The Kier molecular flexibility index (Phi) is 4.71. The average Bonchev–Trinajstić information content (AvgIpc) is 2.43. The van der Waals surface area contributed by atoms with Crippen LogP contribution in [0.4, 0.5) is 18.9 Å². The number of anilines is 1. The molecule has 9 heteroatoms. The van der Waals surface area contributed by atoms with E-state index in [0.717, 1.165) is 0 Å². The number of hydrogen-bond acceptors (Lipinski definition) is 3. The summed E-state index contributed by atoms with van der Waals surface area (Å²) in [5.41, 5.74) is 0.247. The van der Waals surface area contributed by atoms with Gasteiger partial charge in [0.1, 0.15) is 0 Å². The van der Waals surface area contributed by atoms with Crippen LogP contribution in [0, 0.1) is 17.5 Å². The summed E-state index contributed by atoms with van der Waals surface area (Å²) in [4.78, 5) is 11.9. The maximum Gasteiger partial charge on any atom is 0.255 e. The van der Waals surface area contributed by atoms with E-state index in [-0.39, 0.29) is 17.0 Å². The molecule has 0 saturated heterocycles. The molecule has 1 amide bonds. The fourth-order valence-corrected chi connectivity index (χ4v) is 2.47. The van der Waals surface area contributed by atoms with Gasteiger partial charge in [-0.05, 0) is 17.7 Å². The summed E-state index contributed by atoms with van der Waals surface area (Å²) in [5.74, 6) is -5.57. The number of benzene rings is 2. The first kappa shape index (κ1) is 17.0. The number of primary sulfonamides is 1. The number of halogens is 3. The Morgan fingerprint density at radius 1 is 1.04 bits per heavy atom. The highest BCUT2D eigenvalue weighted by Crippen LogP contribution is 2.18. The first-order chi connectivity index (χ1) is 10.7. The van der Waals surface area contributed by atoms with Gasteiger partial charge in [-0.2, -0.15) is 0 Å². The summed E-state index contributed by atoms with van der Waals surface area (Å²) in [6.45, 7) is 0. The fraction of sp³-hybridized carbons (Fsp3) is 0.0714. The lowest BCUT2D eigenvalue weighted by atomic mass is 10.1. The van der Waals surface area contributed by atoms with Crippen LogP contribution >= 0.6 is 0 Å². The summed E-state index contributed by atoms with van der Waals surface area (Å²) < 4.78 is 60.9. The van der Waals surface area contributed by atoms with Gasteiger partial charge in [-0.3, -0.25) is 4.79 Å². The number of hydrogen-bond donors (Lipinski definition) is 2. The number of carbonyl (C=O) groups excluding carboxylic acids is 1. The van der Waals surface area contributed by atoms with E-state index in [1.807, 2.05) is 0 Å². The smallest absolute Gasteiger partial charge is 0.255 e. The van der Waals surface area contributed by atoms with Crippen LogP contribution in [0.25, 0.3) is 0 Å². The molecule has 0 unspecified atom stereocenters. The van der Waals surface area contributed by atoms with Crippen molar-refractivity contribution in [3.8, 4) is 0 Å². The zero-order valence-electron chi connectivity index (χ0n) is 11.5. The molecular weight excluding hydrogens is 333 g/mol. The van der Waals surface area contributed by atoms with E-state index in [9.17, 15) is 26.4 Å². The highest BCUT2D eigenvalue weighted by molar-refractivity contribution is 7.88.